The Bertz CT molecular complexity index is 808. The van der Waals surface area contributed by atoms with Crippen LogP contribution in [0.4, 0.5) is 0 Å². The number of hydrogen-bond donors (Lipinski definition) is 1. The largest absolute Gasteiger partial charge is 0.497 e. The van der Waals surface area contributed by atoms with E-state index in [4.69, 9.17) is 45.9 Å². The van der Waals surface area contributed by atoms with Crippen LogP contribution in [0.25, 0.3) is 0 Å². The molecule has 0 fully saturated rings. The molecule has 1 aliphatic rings. The van der Waals surface area contributed by atoms with E-state index >= 15 is 0 Å². The van der Waals surface area contributed by atoms with Crippen molar-refractivity contribution in [1.82, 2.24) is 5.01 Å². The van der Waals surface area contributed by atoms with Gasteiger partial charge < -0.3 is 10.5 Å². The maximum Gasteiger partial charge on any atom is 0.187 e. The van der Waals surface area contributed by atoms with Crippen LogP contribution in [0.1, 0.15) is 23.6 Å². The minimum absolute atomic E-state index is 0.0575. The maximum absolute atomic E-state index is 6.11. The second-order valence-corrected chi connectivity index (χ2v) is 6.58. The molecule has 0 amide bonds. The van der Waals surface area contributed by atoms with Crippen molar-refractivity contribution in [3.05, 3.63) is 63.6 Å². The van der Waals surface area contributed by atoms with Crippen molar-refractivity contribution in [2.75, 3.05) is 7.11 Å². The van der Waals surface area contributed by atoms with E-state index in [0.717, 1.165) is 22.6 Å². The zero-order chi connectivity index (χ0) is 17.3. The molecule has 0 radical (unpaired) electrons. The third-order valence-corrected chi connectivity index (χ3v) is 4.82. The maximum atomic E-state index is 6.11. The summed E-state index contributed by atoms with van der Waals surface area (Å²) in [6.07, 6.45) is 0.668. The Hall–Kier alpha value is -1.82. The number of nitrogens with zero attached hydrogens (tertiary/aromatic N) is 2. The Balaban J connectivity index is 1.92. The lowest BCUT2D eigenvalue weighted by molar-refractivity contribution is 0.371. The molecule has 1 heterocycles. The van der Waals surface area contributed by atoms with E-state index in [2.05, 4.69) is 5.10 Å². The van der Waals surface area contributed by atoms with E-state index in [9.17, 15) is 0 Å². The average molecular weight is 380 g/mol. The van der Waals surface area contributed by atoms with Crippen molar-refractivity contribution < 1.29 is 4.74 Å². The van der Waals surface area contributed by atoms with Crippen LogP contribution >= 0.6 is 35.4 Å². The number of ether oxygens (including phenoxy) is 1. The number of methoxy groups -OCH3 is 1. The fourth-order valence-electron chi connectivity index (χ4n) is 2.65. The normalized spacial score (nSPS) is 16.9. The van der Waals surface area contributed by atoms with Crippen LogP contribution in [0.5, 0.6) is 5.75 Å². The molecule has 2 aromatic rings. The minimum Gasteiger partial charge on any atom is -0.497 e. The molecule has 124 valence electrons. The highest BCUT2D eigenvalue weighted by molar-refractivity contribution is 7.80. The van der Waals surface area contributed by atoms with Crippen LogP contribution < -0.4 is 10.5 Å². The Labute approximate surface area is 155 Å². The number of benzene rings is 2. The predicted octanol–water partition coefficient (Wildman–Crippen LogP) is 4.40. The monoisotopic (exact) mass is 379 g/mol. The summed E-state index contributed by atoms with van der Waals surface area (Å²) in [6.45, 7) is 0. The summed E-state index contributed by atoms with van der Waals surface area (Å²) in [5, 5.41) is 7.47. The number of nitrogens with two attached hydrogens (primary N) is 1. The third kappa shape index (κ3) is 3.34. The van der Waals surface area contributed by atoms with Gasteiger partial charge in [0.1, 0.15) is 5.75 Å². The van der Waals surface area contributed by atoms with E-state index in [1.807, 2.05) is 30.3 Å². The summed E-state index contributed by atoms with van der Waals surface area (Å²) < 4.78 is 5.20. The SMILES string of the molecule is COc1ccc(C2CC(c3ccc(Cl)c(Cl)c3)=NN2C(N)=S)cc1. The van der Waals surface area contributed by atoms with Gasteiger partial charge in [0.15, 0.2) is 5.11 Å². The van der Waals surface area contributed by atoms with Crippen LogP contribution in [-0.2, 0) is 0 Å². The van der Waals surface area contributed by atoms with Crippen molar-refractivity contribution in [3.63, 3.8) is 0 Å². The van der Waals surface area contributed by atoms with E-state index in [1.54, 1.807) is 24.3 Å². The van der Waals surface area contributed by atoms with Crippen LogP contribution in [0.3, 0.4) is 0 Å². The first kappa shape index (κ1) is 17.0. The van der Waals surface area contributed by atoms with Gasteiger partial charge in [-0.25, -0.2) is 5.01 Å². The van der Waals surface area contributed by atoms with Crippen LogP contribution in [0, 0.1) is 0 Å². The molecule has 0 bridgehead atoms. The van der Waals surface area contributed by atoms with Crippen molar-refractivity contribution in [2.45, 2.75) is 12.5 Å². The molecule has 0 aliphatic carbocycles. The Morgan fingerprint density at radius 1 is 1.21 bits per heavy atom. The molecular formula is C17H15Cl2N3OS. The van der Waals surface area contributed by atoms with Gasteiger partial charge in [0, 0.05) is 6.42 Å². The number of halogens is 2. The van der Waals surface area contributed by atoms with E-state index in [1.165, 1.54) is 0 Å². The van der Waals surface area contributed by atoms with Crippen LogP contribution in [-0.4, -0.2) is 22.9 Å². The topological polar surface area (TPSA) is 50.8 Å². The van der Waals surface area contributed by atoms with E-state index in [0.29, 0.717) is 16.5 Å². The van der Waals surface area contributed by atoms with Crippen molar-refractivity contribution in [3.8, 4) is 5.75 Å². The summed E-state index contributed by atoms with van der Waals surface area (Å²) in [7, 11) is 1.64. The first-order valence-corrected chi connectivity index (χ1v) is 8.41. The van der Waals surface area contributed by atoms with Crippen LogP contribution in [0.2, 0.25) is 10.0 Å². The zero-order valence-electron chi connectivity index (χ0n) is 12.9. The first-order valence-electron chi connectivity index (χ1n) is 7.25. The third-order valence-electron chi connectivity index (χ3n) is 3.89. The molecule has 0 spiro atoms. The molecule has 24 heavy (non-hydrogen) atoms. The summed E-state index contributed by atoms with van der Waals surface area (Å²) in [4.78, 5) is 0. The predicted molar refractivity (Wildman–Crippen MR) is 102 cm³/mol. The smallest absolute Gasteiger partial charge is 0.187 e. The zero-order valence-corrected chi connectivity index (χ0v) is 15.2. The van der Waals surface area contributed by atoms with Gasteiger partial charge in [0.2, 0.25) is 0 Å². The summed E-state index contributed by atoms with van der Waals surface area (Å²) in [5.74, 6) is 0.796. The molecule has 0 saturated heterocycles. The fourth-order valence-corrected chi connectivity index (χ4v) is 3.12. The molecule has 3 rings (SSSR count). The molecule has 2 N–H and O–H groups in total. The molecule has 0 aromatic heterocycles. The van der Waals surface area contributed by atoms with Crippen molar-refractivity contribution >= 4 is 46.2 Å². The van der Waals surface area contributed by atoms with Gasteiger partial charge >= 0.3 is 0 Å². The quantitative estimate of drug-likeness (QED) is 0.803. The number of hydrogen-bond acceptors (Lipinski definition) is 3. The summed E-state index contributed by atoms with van der Waals surface area (Å²) in [6, 6.07) is 13.2. The van der Waals surface area contributed by atoms with Gasteiger partial charge in [-0.1, -0.05) is 41.4 Å². The minimum atomic E-state index is -0.0575. The Morgan fingerprint density at radius 3 is 2.50 bits per heavy atom. The first-order chi connectivity index (χ1) is 11.5. The molecule has 7 heteroatoms. The summed E-state index contributed by atoms with van der Waals surface area (Å²) in [5.41, 5.74) is 8.68. The lowest BCUT2D eigenvalue weighted by Crippen LogP contribution is -2.31. The molecular weight excluding hydrogens is 365 g/mol. The number of thiocarbonyl (C=S) groups is 1. The van der Waals surface area contributed by atoms with Gasteiger partial charge in [-0.3, -0.25) is 0 Å². The van der Waals surface area contributed by atoms with Crippen molar-refractivity contribution in [1.29, 1.82) is 0 Å². The Kier molecular flexibility index (Phi) is 4.94. The second kappa shape index (κ2) is 6.97. The van der Waals surface area contributed by atoms with Crippen LogP contribution in [0.15, 0.2) is 47.6 Å². The van der Waals surface area contributed by atoms with E-state index < -0.39 is 0 Å². The van der Waals surface area contributed by atoms with Gasteiger partial charge in [0.25, 0.3) is 0 Å². The fraction of sp³-hybridized carbons (Fsp3) is 0.176. The lowest BCUT2D eigenvalue weighted by atomic mass is 9.98. The number of hydrazone groups is 1. The molecule has 0 saturated carbocycles. The van der Waals surface area contributed by atoms with Gasteiger partial charge in [0.05, 0.1) is 28.9 Å². The highest BCUT2D eigenvalue weighted by atomic mass is 35.5. The Morgan fingerprint density at radius 2 is 1.92 bits per heavy atom. The number of rotatable bonds is 3. The molecule has 4 nitrogen and oxygen atoms in total. The average Bonchev–Trinajstić information content (AvgIpc) is 3.03. The molecule has 1 atom stereocenters. The molecule has 1 unspecified atom stereocenters. The van der Waals surface area contributed by atoms with Crippen molar-refractivity contribution in [2.24, 2.45) is 10.8 Å². The van der Waals surface area contributed by atoms with E-state index in [-0.39, 0.29) is 11.2 Å². The highest BCUT2D eigenvalue weighted by Gasteiger charge is 2.30. The summed E-state index contributed by atoms with van der Waals surface area (Å²) >= 11 is 17.3. The lowest BCUT2D eigenvalue weighted by Gasteiger charge is -2.22. The second-order valence-electron chi connectivity index (χ2n) is 5.35. The standard InChI is InChI=1S/C17H15Cl2N3OS/c1-23-12-5-2-10(3-6-12)16-9-15(21-22(16)17(20)24)11-4-7-13(18)14(19)8-11/h2-8,16H,9H2,1H3,(H2,20,24). The van der Waals surface area contributed by atoms with Gasteiger partial charge in [-0.15, -0.1) is 0 Å². The van der Waals surface area contributed by atoms with Gasteiger partial charge in [-0.2, -0.15) is 5.10 Å². The van der Waals surface area contributed by atoms with Gasteiger partial charge in [-0.05, 0) is 47.6 Å². The molecule has 1 aliphatic heterocycles. The highest BCUT2D eigenvalue weighted by Crippen LogP contribution is 2.34. The molecule has 2 aromatic carbocycles.